The van der Waals surface area contributed by atoms with Crippen LogP contribution < -0.4 is 14.2 Å². The molecule has 0 spiro atoms. The van der Waals surface area contributed by atoms with E-state index in [0.29, 0.717) is 38.5 Å². The first-order valence-electron chi connectivity index (χ1n) is 16.4. The molecule has 0 N–H and O–H groups in total. The number of carbonyl (C=O) groups is 7. The zero-order valence-corrected chi connectivity index (χ0v) is 30.0. The third-order valence-electron chi connectivity index (χ3n) is 8.55. The number of carbonyl (C=O) groups excluding carboxylic acids is 7. The molecule has 0 bridgehead atoms. The number of methoxy groups -OCH3 is 1. The topological polar surface area (TPSA) is 171 Å². The van der Waals surface area contributed by atoms with Crippen molar-refractivity contribution in [3.05, 3.63) is 122 Å². The molecular weight excluding hydrogens is 722 g/mol. The van der Waals surface area contributed by atoms with E-state index in [-0.39, 0.29) is 58.3 Å². The van der Waals surface area contributed by atoms with Crippen molar-refractivity contribution in [2.45, 2.75) is 27.2 Å². The Morgan fingerprint density at radius 3 is 2.07 bits per heavy atom. The zero-order valence-electron chi connectivity index (χ0n) is 29.3. The number of nitrogens with zero attached hydrogens (tertiary/aromatic N) is 1. The van der Waals surface area contributed by atoms with Gasteiger partial charge in [0.15, 0.2) is 5.78 Å². The molecule has 0 amide bonds. The summed E-state index contributed by atoms with van der Waals surface area (Å²) in [5, 5.41) is 1.08. The van der Waals surface area contributed by atoms with Crippen molar-refractivity contribution in [2.24, 2.45) is 0 Å². The molecule has 0 unspecified atom stereocenters. The van der Waals surface area contributed by atoms with Gasteiger partial charge < -0.3 is 23.7 Å². The minimum absolute atomic E-state index is 0.0800. The van der Waals surface area contributed by atoms with E-state index in [2.05, 4.69) is 0 Å². The van der Waals surface area contributed by atoms with Gasteiger partial charge in [-0.3, -0.25) is 33.3 Å². The number of hydrogen-bond donors (Lipinski definition) is 0. The molecule has 274 valence electrons. The quantitative estimate of drug-likeness (QED) is 0.0928. The number of esters is 4. The number of halogens is 1. The normalized spacial score (nSPS) is 11.7. The van der Waals surface area contributed by atoms with E-state index >= 15 is 0 Å². The zero-order chi connectivity index (χ0) is 38.8. The lowest BCUT2D eigenvalue weighted by Gasteiger charge is -2.22. The number of benzene rings is 4. The lowest BCUT2D eigenvalue weighted by atomic mass is 9.82. The summed E-state index contributed by atoms with van der Waals surface area (Å²) >= 11 is 6.01. The summed E-state index contributed by atoms with van der Waals surface area (Å²) < 4.78 is 27.9. The second-order valence-electron chi connectivity index (χ2n) is 12.0. The van der Waals surface area contributed by atoms with E-state index < -0.39 is 42.1 Å². The Bertz CT molecular complexity index is 2430. The number of ketones is 2. The van der Waals surface area contributed by atoms with Gasteiger partial charge in [0, 0.05) is 46.6 Å². The second-order valence-corrected chi connectivity index (χ2v) is 12.5. The fraction of sp³-hybridized carbons (Fsp3) is 0.175. The van der Waals surface area contributed by atoms with Gasteiger partial charge in [-0.2, -0.15) is 0 Å². The molecule has 1 aliphatic carbocycles. The molecular formula is C40H30ClNO12. The first-order valence-corrected chi connectivity index (χ1v) is 16.7. The Labute approximate surface area is 312 Å². The molecule has 0 saturated heterocycles. The number of hydrogen-bond acceptors (Lipinski definition) is 12. The highest BCUT2D eigenvalue weighted by Gasteiger charge is 2.37. The van der Waals surface area contributed by atoms with Crippen molar-refractivity contribution < 1.29 is 57.2 Å². The largest absolute Gasteiger partial charge is 0.497 e. The minimum atomic E-state index is -0.964. The van der Waals surface area contributed by atoms with Crippen molar-refractivity contribution >= 4 is 63.9 Å². The van der Waals surface area contributed by atoms with Crippen LogP contribution in [0.3, 0.4) is 0 Å². The van der Waals surface area contributed by atoms with Crippen LogP contribution in [0, 0.1) is 6.92 Å². The van der Waals surface area contributed by atoms with Gasteiger partial charge in [0.25, 0.3) is 5.91 Å². The fourth-order valence-corrected chi connectivity index (χ4v) is 6.34. The van der Waals surface area contributed by atoms with Crippen molar-refractivity contribution in [1.82, 2.24) is 4.57 Å². The molecule has 0 atom stereocenters. The maximum Gasteiger partial charge on any atom is 0.338 e. The summed E-state index contributed by atoms with van der Waals surface area (Å²) in [5.41, 5.74) is 0.959. The Kier molecular flexibility index (Phi) is 10.4. The van der Waals surface area contributed by atoms with Gasteiger partial charge in [0.05, 0.1) is 35.7 Å². The summed E-state index contributed by atoms with van der Waals surface area (Å²) in [6.07, 6.45) is -0.225. The Hall–Kier alpha value is -6.60. The molecule has 54 heavy (non-hydrogen) atoms. The van der Waals surface area contributed by atoms with E-state index in [4.69, 9.17) is 35.3 Å². The lowest BCUT2D eigenvalue weighted by molar-refractivity contribution is -0.144. The number of rotatable bonds is 10. The summed E-state index contributed by atoms with van der Waals surface area (Å²) in [6.45, 7) is 3.18. The van der Waals surface area contributed by atoms with Crippen molar-refractivity contribution in [3.63, 3.8) is 0 Å². The van der Waals surface area contributed by atoms with E-state index in [1.807, 2.05) is 0 Å². The molecule has 0 fully saturated rings. The van der Waals surface area contributed by atoms with Gasteiger partial charge in [-0.25, -0.2) is 4.79 Å². The molecule has 6 rings (SSSR count). The van der Waals surface area contributed by atoms with Gasteiger partial charge in [-0.15, -0.1) is 0 Å². The van der Waals surface area contributed by atoms with Gasteiger partial charge >= 0.3 is 23.9 Å². The number of fused-ring (bicyclic) bond motifs is 3. The molecule has 13 nitrogen and oxygen atoms in total. The van der Waals surface area contributed by atoms with Crippen molar-refractivity contribution in [1.29, 1.82) is 0 Å². The minimum Gasteiger partial charge on any atom is -0.497 e. The molecule has 0 saturated carbocycles. The van der Waals surface area contributed by atoms with Crippen molar-refractivity contribution in [3.8, 4) is 17.2 Å². The van der Waals surface area contributed by atoms with Gasteiger partial charge in [-0.1, -0.05) is 23.7 Å². The first kappa shape index (κ1) is 37.2. The van der Waals surface area contributed by atoms with Crippen LogP contribution in [0.5, 0.6) is 17.2 Å². The molecule has 1 aromatic heterocycles. The second kappa shape index (κ2) is 15.2. The Morgan fingerprint density at radius 2 is 1.39 bits per heavy atom. The highest BCUT2D eigenvalue weighted by Crippen LogP contribution is 2.38. The standard InChI is InChI=1S/C40H30ClNO12/c1-20-28(29-18-26(50-4)12-13-31(29)42(20)39(48)23-8-10-25(41)11-9-23)19-34(45)51-14-15-52-40(49)24-16-30-36(33(17-24)54-22(3)44)38(47)35-27(37(30)46)6-5-7-32(35)53-21(2)43/h5-13,16-18H,14-15,19H2,1-4H3. The highest BCUT2D eigenvalue weighted by molar-refractivity contribution is 6.31. The molecule has 5 aromatic rings. The molecule has 1 aliphatic rings. The summed E-state index contributed by atoms with van der Waals surface area (Å²) in [5.74, 6) is -4.97. The average molecular weight is 752 g/mol. The van der Waals surface area contributed by atoms with Crippen molar-refractivity contribution in [2.75, 3.05) is 20.3 Å². The number of ether oxygens (including phenoxy) is 5. The maximum absolute atomic E-state index is 13.7. The highest BCUT2D eigenvalue weighted by atomic mass is 35.5. The van der Waals surface area contributed by atoms with Crippen LogP contribution in [0.15, 0.2) is 72.8 Å². The SMILES string of the molecule is COc1ccc2c(c1)c(CC(=O)OCCOC(=O)c1cc(OC(C)=O)c3c(c1)C(=O)c1cccc(OC(C)=O)c1C3=O)c(C)n2C(=O)c1ccc(Cl)cc1. The molecule has 14 heteroatoms. The predicted octanol–water partition coefficient (Wildman–Crippen LogP) is 5.87. The molecule has 1 heterocycles. The van der Waals surface area contributed by atoms with E-state index in [1.54, 1.807) is 49.4 Å². The monoisotopic (exact) mass is 751 g/mol. The van der Waals surface area contributed by atoms with Crippen LogP contribution in [0.2, 0.25) is 5.02 Å². The lowest BCUT2D eigenvalue weighted by Crippen LogP contribution is -2.25. The third-order valence-corrected chi connectivity index (χ3v) is 8.80. The first-order chi connectivity index (χ1) is 25.8. The molecule has 0 radical (unpaired) electrons. The van der Waals surface area contributed by atoms with Crippen LogP contribution in [-0.4, -0.2) is 66.2 Å². The summed E-state index contributed by atoms with van der Waals surface area (Å²) in [4.78, 5) is 90.7. The van der Waals surface area contributed by atoms with Crippen LogP contribution >= 0.6 is 11.6 Å². The van der Waals surface area contributed by atoms with Gasteiger partial charge in [0.2, 0.25) is 5.78 Å². The van der Waals surface area contributed by atoms with E-state index in [0.717, 1.165) is 26.0 Å². The van der Waals surface area contributed by atoms with Gasteiger partial charge in [-0.05, 0) is 73.2 Å². The Balaban J connectivity index is 1.18. The predicted molar refractivity (Wildman–Crippen MR) is 192 cm³/mol. The Morgan fingerprint density at radius 1 is 0.722 bits per heavy atom. The summed E-state index contributed by atoms with van der Waals surface area (Å²) in [7, 11) is 1.50. The molecule has 4 aromatic carbocycles. The van der Waals surface area contributed by atoms with Crippen LogP contribution in [0.4, 0.5) is 0 Å². The number of aromatic nitrogens is 1. The fourth-order valence-electron chi connectivity index (χ4n) is 6.21. The summed E-state index contributed by atoms with van der Waals surface area (Å²) in [6, 6.07) is 17.9. The van der Waals surface area contributed by atoms with E-state index in [9.17, 15) is 33.6 Å². The average Bonchev–Trinajstić information content (AvgIpc) is 3.40. The smallest absolute Gasteiger partial charge is 0.338 e. The maximum atomic E-state index is 13.7. The van der Waals surface area contributed by atoms with E-state index in [1.165, 1.54) is 29.9 Å². The van der Waals surface area contributed by atoms with Gasteiger partial charge in [0.1, 0.15) is 30.5 Å². The van der Waals surface area contributed by atoms with Crippen LogP contribution in [0.1, 0.15) is 77.7 Å². The third kappa shape index (κ3) is 7.21. The molecule has 0 aliphatic heterocycles. The van der Waals surface area contributed by atoms with Crippen LogP contribution in [0.25, 0.3) is 10.9 Å². The van der Waals surface area contributed by atoms with Crippen LogP contribution in [-0.2, 0) is 30.3 Å².